The summed E-state index contributed by atoms with van der Waals surface area (Å²) in [4.78, 5) is 15.1. The molecule has 0 atom stereocenters. The van der Waals surface area contributed by atoms with Crippen molar-refractivity contribution in [1.29, 1.82) is 5.26 Å². The lowest BCUT2D eigenvalue weighted by molar-refractivity contribution is 0.0939. The molecule has 1 amide bonds. The van der Waals surface area contributed by atoms with Crippen LogP contribution in [0.5, 0.6) is 0 Å². The Balaban J connectivity index is 2.68. The van der Waals surface area contributed by atoms with E-state index in [0.29, 0.717) is 0 Å². The Labute approximate surface area is 93.1 Å². The van der Waals surface area contributed by atoms with Gasteiger partial charge in [-0.3, -0.25) is 9.78 Å². The monoisotopic (exact) mass is 221 g/mol. The van der Waals surface area contributed by atoms with E-state index in [2.05, 4.69) is 10.3 Å². The van der Waals surface area contributed by atoms with Crippen LogP contribution in [-0.4, -0.2) is 17.4 Å². The van der Waals surface area contributed by atoms with Crippen LogP contribution in [0.4, 0.5) is 4.39 Å². The standard InChI is InChI=1S/C11H12FN3O/c1-11(2,6-13)7-15-10(16)8-3-4-14-5-9(8)12/h3-5H,7H2,1-2H3,(H,15,16). The van der Waals surface area contributed by atoms with Gasteiger partial charge >= 0.3 is 0 Å². The number of carbonyl (C=O) groups is 1. The van der Waals surface area contributed by atoms with Crippen LogP contribution in [0.25, 0.3) is 0 Å². The minimum absolute atomic E-state index is 0.0660. The molecular weight excluding hydrogens is 209 g/mol. The molecule has 0 fully saturated rings. The van der Waals surface area contributed by atoms with Crippen molar-refractivity contribution in [2.24, 2.45) is 5.41 Å². The number of rotatable bonds is 3. The second-order valence-corrected chi connectivity index (χ2v) is 4.03. The topological polar surface area (TPSA) is 65.8 Å². The highest BCUT2D eigenvalue weighted by Gasteiger charge is 2.19. The van der Waals surface area contributed by atoms with E-state index < -0.39 is 17.1 Å². The lowest BCUT2D eigenvalue weighted by Gasteiger charge is -2.15. The van der Waals surface area contributed by atoms with Crippen LogP contribution >= 0.6 is 0 Å². The smallest absolute Gasteiger partial charge is 0.254 e. The van der Waals surface area contributed by atoms with Crippen LogP contribution < -0.4 is 5.32 Å². The third-order valence-corrected chi connectivity index (χ3v) is 2.01. The van der Waals surface area contributed by atoms with Crippen LogP contribution in [0.15, 0.2) is 18.5 Å². The molecule has 0 spiro atoms. The number of hydrogen-bond acceptors (Lipinski definition) is 3. The van der Waals surface area contributed by atoms with E-state index in [1.807, 2.05) is 6.07 Å². The largest absolute Gasteiger partial charge is 0.350 e. The number of carbonyl (C=O) groups excluding carboxylic acids is 1. The van der Waals surface area contributed by atoms with Crippen molar-refractivity contribution in [2.75, 3.05) is 6.54 Å². The second-order valence-electron chi connectivity index (χ2n) is 4.03. The first-order valence-corrected chi connectivity index (χ1v) is 4.75. The average molecular weight is 221 g/mol. The van der Waals surface area contributed by atoms with E-state index in [1.165, 1.54) is 12.3 Å². The molecule has 84 valence electrons. The fourth-order valence-electron chi connectivity index (χ4n) is 0.995. The Morgan fingerprint density at radius 1 is 1.69 bits per heavy atom. The Morgan fingerprint density at radius 2 is 2.38 bits per heavy atom. The number of hydrogen-bond donors (Lipinski definition) is 1. The molecule has 1 N–H and O–H groups in total. The summed E-state index contributed by atoms with van der Waals surface area (Å²) in [5, 5.41) is 11.2. The summed E-state index contributed by atoms with van der Waals surface area (Å²) in [5.74, 6) is -1.21. The fraction of sp³-hybridized carbons (Fsp3) is 0.364. The molecule has 16 heavy (non-hydrogen) atoms. The van der Waals surface area contributed by atoms with Gasteiger partial charge < -0.3 is 5.32 Å². The van der Waals surface area contributed by atoms with Crippen LogP contribution in [0, 0.1) is 22.6 Å². The zero-order valence-corrected chi connectivity index (χ0v) is 9.12. The molecule has 0 aliphatic carbocycles. The van der Waals surface area contributed by atoms with Gasteiger partial charge in [-0.05, 0) is 19.9 Å². The van der Waals surface area contributed by atoms with Crippen molar-refractivity contribution in [2.45, 2.75) is 13.8 Å². The first-order chi connectivity index (χ1) is 7.46. The summed E-state index contributed by atoms with van der Waals surface area (Å²) in [6.07, 6.45) is 2.32. The van der Waals surface area contributed by atoms with Gasteiger partial charge in [-0.25, -0.2) is 4.39 Å². The third-order valence-electron chi connectivity index (χ3n) is 2.01. The second kappa shape index (κ2) is 4.71. The first kappa shape index (κ1) is 12.1. The highest BCUT2D eigenvalue weighted by Crippen LogP contribution is 2.11. The number of halogens is 1. The Bertz CT molecular complexity index is 437. The molecule has 1 heterocycles. The molecule has 4 nitrogen and oxygen atoms in total. The molecule has 0 aromatic carbocycles. The average Bonchev–Trinajstić information content (AvgIpc) is 2.27. The fourth-order valence-corrected chi connectivity index (χ4v) is 0.995. The molecule has 0 saturated heterocycles. The Hall–Kier alpha value is -1.96. The van der Waals surface area contributed by atoms with Gasteiger partial charge in [0.1, 0.15) is 0 Å². The van der Waals surface area contributed by atoms with Crippen LogP contribution in [0.3, 0.4) is 0 Å². The molecule has 0 aliphatic rings. The quantitative estimate of drug-likeness (QED) is 0.841. The molecule has 0 unspecified atom stereocenters. The minimum atomic E-state index is -0.672. The number of nitrogens with zero attached hydrogens (tertiary/aromatic N) is 2. The maximum absolute atomic E-state index is 13.2. The molecule has 1 rings (SSSR count). The zero-order chi connectivity index (χ0) is 12.2. The lowest BCUT2D eigenvalue weighted by Crippen LogP contribution is -2.33. The highest BCUT2D eigenvalue weighted by molar-refractivity contribution is 5.94. The van der Waals surface area contributed by atoms with Crippen LogP contribution in [-0.2, 0) is 0 Å². The molecule has 0 saturated carbocycles. The maximum atomic E-state index is 13.2. The number of pyridine rings is 1. The highest BCUT2D eigenvalue weighted by atomic mass is 19.1. The summed E-state index contributed by atoms with van der Waals surface area (Å²) in [5.41, 5.74) is -0.733. The predicted molar refractivity (Wildman–Crippen MR) is 55.9 cm³/mol. The van der Waals surface area contributed by atoms with Gasteiger partial charge in [-0.2, -0.15) is 5.26 Å². The van der Waals surface area contributed by atoms with Gasteiger partial charge in [0.2, 0.25) is 0 Å². The van der Waals surface area contributed by atoms with Gasteiger partial charge in [0.15, 0.2) is 5.82 Å². The van der Waals surface area contributed by atoms with Crippen molar-refractivity contribution in [3.63, 3.8) is 0 Å². The molecule has 5 heteroatoms. The van der Waals surface area contributed by atoms with Gasteiger partial charge in [0.25, 0.3) is 5.91 Å². The summed E-state index contributed by atoms with van der Waals surface area (Å²) in [7, 11) is 0. The van der Waals surface area contributed by atoms with E-state index in [4.69, 9.17) is 5.26 Å². The van der Waals surface area contributed by atoms with E-state index in [-0.39, 0.29) is 12.1 Å². The first-order valence-electron chi connectivity index (χ1n) is 4.75. The number of amides is 1. The number of nitrogens with one attached hydrogen (secondary N) is 1. The number of nitriles is 1. The minimum Gasteiger partial charge on any atom is -0.350 e. The molecule has 1 aromatic heterocycles. The molecule has 0 aliphatic heterocycles. The Morgan fingerprint density at radius 3 is 2.94 bits per heavy atom. The SMILES string of the molecule is CC(C)(C#N)CNC(=O)c1ccncc1F. The van der Waals surface area contributed by atoms with Crippen molar-refractivity contribution >= 4 is 5.91 Å². The molecule has 0 radical (unpaired) electrons. The van der Waals surface area contributed by atoms with Crippen LogP contribution in [0.1, 0.15) is 24.2 Å². The third kappa shape index (κ3) is 3.02. The van der Waals surface area contributed by atoms with Crippen molar-refractivity contribution in [3.8, 4) is 6.07 Å². The van der Waals surface area contributed by atoms with Crippen molar-refractivity contribution in [3.05, 3.63) is 29.8 Å². The predicted octanol–water partition coefficient (Wildman–Crippen LogP) is 1.50. The van der Waals surface area contributed by atoms with E-state index in [1.54, 1.807) is 13.8 Å². The molecule has 0 bridgehead atoms. The summed E-state index contributed by atoms with van der Waals surface area (Å²) in [6.45, 7) is 3.55. The summed E-state index contributed by atoms with van der Waals surface area (Å²) >= 11 is 0. The van der Waals surface area contributed by atoms with Gasteiger partial charge in [-0.15, -0.1) is 0 Å². The van der Waals surface area contributed by atoms with E-state index in [9.17, 15) is 9.18 Å². The molecule has 1 aromatic rings. The zero-order valence-electron chi connectivity index (χ0n) is 9.12. The molecular formula is C11H12FN3O. The number of aromatic nitrogens is 1. The summed E-state index contributed by atoms with van der Waals surface area (Å²) < 4.78 is 13.2. The summed E-state index contributed by atoms with van der Waals surface area (Å²) in [6, 6.07) is 3.34. The van der Waals surface area contributed by atoms with Crippen LogP contribution in [0.2, 0.25) is 0 Å². The lowest BCUT2D eigenvalue weighted by atomic mass is 9.96. The van der Waals surface area contributed by atoms with Gasteiger partial charge in [0.05, 0.1) is 23.2 Å². The van der Waals surface area contributed by atoms with Gasteiger partial charge in [-0.1, -0.05) is 0 Å². The van der Waals surface area contributed by atoms with Gasteiger partial charge in [0, 0.05) is 12.7 Å². The van der Waals surface area contributed by atoms with E-state index in [0.717, 1.165) is 6.20 Å². The maximum Gasteiger partial charge on any atom is 0.254 e. The normalized spacial score (nSPS) is 10.6. The Kier molecular flexibility index (Phi) is 3.56. The van der Waals surface area contributed by atoms with E-state index >= 15 is 0 Å². The van der Waals surface area contributed by atoms with Crippen molar-refractivity contribution < 1.29 is 9.18 Å². The van der Waals surface area contributed by atoms with Crippen molar-refractivity contribution in [1.82, 2.24) is 10.3 Å².